The number of nitrogens with zero attached hydrogens (tertiary/aromatic N) is 1. The normalized spacial score (nSPS) is 15.5. The summed E-state index contributed by atoms with van der Waals surface area (Å²) in [6.45, 7) is 5.05. The van der Waals surface area contributed by atoms with Crippen LogP contribution in [0.2, 0.25) is 0 Å². The minimum absolute atomic E-state index is 0.270. The van der Waals surface area contributed by atoms with Crippen molar-refractivity contribution in [1.82, 2.24) is 10.6 Å². The summed E-state index contributed by atoms with van der Waals surface area (Å²) >= 11 is 0. The Hall–Kier alpha value is -2.33. The molecule has 0 heterocycles. The third kappa shape index (κ3) is 4.64. The standard InChI is InChI=1S/C22H29N3O/c1-3-26-16-19-10-8-7-9-18(19)15-24-21(23-2)25-17-22(13-14-22)20-11-5-4-6-12-20/h4-12H,3,13-17H2,1-2H3,(H2,23,24,25). The fourth-order valence-electron chi connectivity index (χ4n) is 3.25. The third-order valence-electron chi connectivity index (χ3n) is 5.08. The highest BCUT2D eigenvalue weighted by Gasteiger charge is 2.43. The van der Waals surface area contributed by atoms with Gasteiger partial charge < -0.3 is 15.4 Å². The molecule has 0 aliphatic heterocycles. The van der Waals surface area contributed by atoms with Crippen LogP contribution in [-0.2, 0) is 23.3 Å². The van der Waals surface area contributed by atoms with Crippen LogP contribution in [0.3, 0.4) is 0 Å². The van der Waals surface area contributed by atoms with Crippen molar-refractivity contribution >= 4 is 5.96 Å². The maximum atomic E-state index is 5.57. The van der Waals surface area contributed by atoms with Crippen LogP contribution in [0.25, 0.3) is 0 Å². The van der Waals surface area contributed by atoms with Crippen LogP contribution in [-0.4, -0.2) is 26.2 Å². The van der Waals surface area contributed by atoms with Crippen molar-refractivity contribution in [3.8, 4) is 0 Å². The molecule has 138 valence electrons. The van der Waals surface area contributed by atoms with Gasteiger partial charge in [-0.2, -0.15) is 0 Å². The molecule has 4 nitrogen and oxygen atoms in total. The van der Waals surface area contributed by atoms with Gasteiger partial charge in [-0.3, -0.25) is 4.99 Å². The van der Waals surface area contributed by atoms with Gasteiger partial charge in [0.25, 0.3) is 0 Å². The van der Waals surface area contributed by atoms with Gasteiger partial charge in [-0.05, 0) is 36.5 Å². The van der Waals surface area contributed by atoms with Gasteiger partial charge in [0.1, 0.15) is 0 Å². The molecule has 0 atom stereocenters. The first-order valence-corrected chi connectivity index (χ1v) is 9.42. The van der Waals surface area contributed by atoms with Crippen molar-refractivity contribution < 1.29 is 4.74 Å². The van der Waals surface area contributed by atoms with Crippen molar-refractivity contribution in [2.24, 2.45) is 4.99 Å². The second-order valence-electron chi connectivity index (χ2n) is 6.83. The fraction of sp³-hybridized carbons (Fsp3) is 0.409. The lowest BCUT2D eigenvalue weighted by atomic mass is 9.96. The van der Waals surface area contributed by atoms with Gasteiger partial charge in [-0.15, -0.1) is 0 Å². The molecule has 2 aromatic carbocycles. The predicted molar refractivity (Wildman–Crippen MR) is 107 cm³/mol. The predicted octanol–water partition coefficient (Wildman–Crippen LogP) is 3.62. The molecule has 26 heavy (non-hydrogen) atoms. The van der Waals surface area contributed by atoms with E-state index >= 15 is 0 Å². The SMILES string of the molecule is CCOCc1ccccc1CNC(=NC)NCC1(c2ccccc2)CC1. The lowest BCUT2D eigenvalue weighted by Crippen LogP contribution is -2.41. The second-order valence-corrected chi connectivity index (χ2v) is 6.83. The topological polar surface area (TPSA) is 45.6 Å². The highest BCUT2D eigenvalue weighted by atomic mass is 16.5. The van der Waals surface area contributed by atoms with E-state index in [-0.39, 0.29) is 5.41 Å². The zero-order chi connectivity index (χ0) is 18.2. The Morgan fingerprint density at radius 2 is 1.69 bits per heavy atom. The van der Waals surface area contributed by atoms with Crippen LogP contribution in [0.1, 0.15) is 36.5 Å². The second kappa shape index (κ2) is 8.86. The highest BCUT2D eigenvalue weighted by Crippen LogP contribution is 2.47. The van der Waals surface area contributed by atoms with Crippen molar-refractivity contribution in [3.63, 3.8) is 0 Å². The molecule has 0 saturated heterocycles. The first kappa shape index (κ1) is 18.5. The molecule has 1 fully saturated rings. The molecule has 0 spiro atoms. The molecule has 0 unspecified atom stereocenters. The number of rotatable bonds is 8. The Labute approximate surface area is 156 Å². The summed E-state index contributed by atoms with van der Waals surface area (Å²) in [5.74, 6) is 0.846. The van der Waals surface area contributed by atoms with Gasteiger partial charge in [0.05, 0.1) is 6.61 Å². The quantitative estimate of drug-likeness (QED) is 0.564. The van der Waals surface area contributed by atoms with E-state index in [4.69, 9.17) is 4.74 Å². The van der Waals surface area contributed by atoms with E-state index in [1.807, 2.05) is 14.0 Å². The molecule has 1 saturated carbocycles. The lowest BCUT2D eigenvalue weighted by Gasteiger charge is -2.19. The van der Waals surface area contributed by atoms with Crippen molar-refractivity contribution in [2.45, 2.75) is 38.3 Å². The van der Waals surface area contributed by atoms with Gasteiger partial charge in [0.15, 0.2) is 5.96 Å². The molecule has 2 N–H and O–H groups in total. The first-order chi connectivity index (χ1) is 12.8. The third-order valence-corrected chi connectivity index (χ3v) is 5.08. The minimum Gasteiger partial charge on any atom is -0.377 e. The summed E-state index contributed by atoms with van der Waals surface area (Å²) in [5.41, 5.74) is 4.16. The van der Waals surface area contributed by atoms with E-state index in [1.165, 1.54) is 29.5 Å². The first-order valence-electron chi connectivity index (χ1n) is 9.42. The Kier molecular flexibility index (Phi) is 6.29. The van der Waals surface area contributed by atoms with Crippen LogP contribution in [0.15, 0.2) is 59.6 Å². The van der Waals surface area contributed by atoms with Crippen molar-refractivity contribution in [2.75, 3.05) is 20.2 Å². The van der Waals surface area contributed by atoms with Crippen molar-refractivity contribution in [3.05, 3.63) is 71.3 Å². The number of aliphatic imine (C=N–C) groups is 1. The molecule has 1 aliphatic rings. The van der Waals surface area contributed by atoms with Gasteiger partial charge in [0.2, 0.25) is 0 Å². The fourth-order valence-corrected chi connectivity index (χ4v) is 3.25. The number of hydrogen-bond donors (Lipinski definition) is 2. The lowest BCUT2D eigenvalue weighted by molar-refractivity contribution is 0.133. The Morgan fingerprint density at radius 3 is 2.35 bits per heavy atom. The molecular weight excluding hydrogens is 322 g/mol. The summed E-state index contributed by atoms with van der Waals surface area (Å²) in [4.78, 5) is 4.38. The maximum Gasteiger partial charge on any atom is 0.191 e. The summed E-state index contributed by atoms with van der Waals surface area (Å²) in [6.07, 6.45) is 2.47. The van der Waals surface area contributed by atoms with Crippen LogP contribution >= 0.6 is 0 Å². The average Bonchev–Trinajstić information content (AvgIpc) is 3.49. The van der Waals surface area contributed by atoms with E-state index in [9.17, 15) is 0 Å². The number of benzene rings is 2. The Morgan fingerprint density at radius 1 is 1.00 bits per heavy atom. The average molecular weight is 351 g/mol. The molecular formula is C22H29N3O. The van der Waals surface area contributed by atoms with Gasteiger partial charge in [0, 0.05) is 32.2 Å². The molecule has 0 amide bonds. The molecule has 3 rings (SSSR count). The smallest absolute Gasteiger partial charge is 0.191 e. The highest BCUT2D eigenvalue weighted by molar-refractivity contribution is 5.79. The zero-order valence-electron chi connectivity index (χ0n) is 15.8. The molecule has 4 heteroatoms. The summed E-state index contributed by atoms with van der Waals surface area (Å²) in [7, 11) is 1.82. The summed E-state index contributed by atoms with van der Waals surface area (Å²) in [5, 5.41) is 6.95. The van der Waals surface area contributed by atoms with Gasteiger partial charge >= 0.3 is 0 Å². The van der Waals surface area contributed by atoms with E-state index in [2.05, 4.69) is 70.2 Å². The molecule has 2 aromatic rings. The molecule has 0 radical (unpaired) electrons. The Bertz CT molecular complexity index is 723. The van der Waals surface area contributed by atoms with E-state index in [1.54, 1.807) is 0 Å². The van der Waals surface area contributed by atoms with Crippen LogP contribution in [0.5, 0.6) is 0 Å². The van der Waals surface area contributed by atoms with Crippen LogP contribution in [0.4, 0.5) is 0 Å². The monoisotopic (exact) mass is 351 g/mol. The Balaban J connectivity index is 1.55. The number of guanidine groups is 1. The van der Waals surface area contributed by atoms with Crippen molar-refractivity contribution in [1.29, 1.82) is 0 Å². The largest absolute Gasteiger partial charge is 0.377 e. The number of nitrogens with one attached hydrogen (secondary N) is 2. The maximum absolute atomic E-state index is 5.57. The van der Waals surface area contributed by atoms with E-state index < -0.39 is 0 Å². The van der Waals surface area contributed by atoms with Crippen LogP contribution < -0.4 is 10.6 Å². The number of hydrogen-bond acceptors (Lipinski definition) is 2. The van der Waals surface area contributed by atoms with Gasteiger partial charge in [-0.25, -0.2) is 0 Å². The summed E-state index contributed by atoms with van der Waals surface area (Å²) < 4.78 is 5.57. The molecule has 1 aliphatic carbocycles. The zero-order valence-corrected chi connectivity index (χ0v) is 15.8. The minimum atomic E-state index is 0.270. The summed E-state index contributed by atoms with van der Waals surface area (Å²) in [6, 6.07) is 19.2. The van der Waals surface area contributed by atoms with E-state index in [0.29, 0.717) is 6.61 Å². The van der Waals surface area contributed by atoms with Crippen LogP contribution in [0, 0.1) is 0 Å². The van der Waals surface area contributed by atoms with E-state index in [0.717, 1.165) is 25.7 Å². The molecule has 0 aromatic heterocycles. The number of ether oxygens (including phenoxy) is 1. The van der Waals surface area contributed by atoms with Gasteiger partial charge in [-0.1, -0.05) is 54.6 Å². The molecule has 0 bridgehead atoms.